The molecule has 82 valence electrons. The van der Waals surface area contributed by atoms with E-state index in [1.54, 1.807) is 0 Å². The van der Waals surface area contributed by atoms with Crippen LogP contribution in [0.5, 0.6) is 0 Å². The second kappa shape index (κ2) is 6.01. The molecule has 15 heavy (non-hydrogen) atoms. The van der Waals surface area contributed by atoms with Gasteiger partial charge >= 0.3 is 6.09 Å². The van der Waals surface area contributed by atoms with Crippen LogP contribution in [0, 0.1) is 0 Å². The Hall–Kier alpha value is -1.58. The number of carbonyl (C=O) groups is 2. The molecule has 0 fully saturated rings. The van der Waals surface area contributed by atoms with Gasteiger partial charge in [-0.25, -0.2) is 4.79 Å². The van der Waals surface area contributed by atoms with Gasteiger partial charge in [0.25, 0.3) is 0 Å². The highest BCUT2D eigenvalue weighted by Gasteiger charge is 2.09. The van der Waals surface area contributed by atoms with Gasteiger partial charge < -0.3 is 14.4 Å². The summed E-state index contributed by atoms with van der Waals surface area (Å²) in [6, 6.07) is 0. The average molecular weight is 209 g/mol. The number of amides is 1. The first-order chi connectivity index (χ1) is 7.24. The van der Waals surface area contributed by atoms with E-state index in [0.29, 0.717) is 6.29 Å². The zero-order valence-corrected chi connectivity index (χ0v) is 8.81. The number of nitrogens with zero attached hydrogens (tertiary/aromatic N) is 1. The van der Waals surface area contributed by atoms with Crippen molar-refractivity contribution in [2.75, 3.05) is 20.2 Å². The first-order valence-electron chi connectivity index (χ1n) is 4.91. The summed E-state index contributed by atoms with van der Waals surface area (Å²) in [6.07, 6.45) is 8.29. The molecule has 1 aliphatic rings. The number of ether oxygens (including phenoxy) is 1. The van der Waals surface area contributed by atoms with Crippen LogP contribution in [0.25, 0.3) is 0 Å². The normalized spacial score (nSPS) is 14.3. The van der Waals surface area contributed by atoms with Crippen molar-refractivity contribution in [2.45, 2.75) is 12.8 Å². The van der Waals surface area contributed by atoms with E-state index in [1.807, 2.05) is 12.2 Å². The van der Waals surface area contributed by atoms with Crippen molar-refractivity contribution in [3.8, 4) is 0 Å². The Morgan fingerprint density at radius 1 is 1.60 bits per heavy atom. The highest BCUT2D eigenvalue weighted by molar-refractivity contribution is 5.71. The summed E-state index contributed by atoms with van der Waals surface area (Å²) >= 11 is 0. The minimum absolute atomic E-state index is 0.0632. The van der Waals surface area contributed by atoms with Crippen molar-refractivity contribution in [3.63, 3.8) is 0 Å². The molecular formula is C11H15NO3. The molecular weight excluding hydrogens is 194 g/mol. The highest BCUT2D eigenvalue weighted by Crippen LogP contribution is 2.09. The molecule has 0 aromatic rings. The Morgan fingerprint density at radius 3 is 3.00 bits per heavy atom. The van der Waals surface area contributed by atoms with Crippen LogP contribution in [-0.4, -0.2) is 37.5 Å². The molecule has 0 aromatic heterocycles. The number of hydrogen-bond acceptors (Lipinski definition) is 3. The van der Waals surface area contributed by atoms with Crippen molar-refractivity contribution >= 4 is 12.4 Å². The van der Waals surface area contributed by atoms with E-state index in [1.165, 1.54) is 11.9 Å². The summed E-state index contributed by atoms with van der Waals surface area (Å²) < 4.78 is 5.00. The molecule has 0 aromatic carbocycles. The number of carbonyl (C=O) groups excluding carboxylic acids is 2. The average Bonchev–Trinajstić information content (AvgIpc) is 2.27. The van der Waals surface area contributed by atoms with Crippen LogP contribution >= 0.6 is 0 Å². The van der Waals surface area contributed by atoms with Gasteiger partial charge in [0, 0.05) is 7.05 Å². The molecule has 0 N–H and O–H groups in total. The molecule has 4 heteroatoms. The lowest BCUT2D eigenvalue weighted by Crippen LogP contribution is -2.29. The van der Waals surface area contributed by atoms with Gasteiger partial charge in [-0.05, 0) is 18.4 Å². The number of likely N-dealkylation sites (N-methyl/N-ethyl adjacent to an activating group) is 1. The van der Waals surface area contributed by atoms with Crippen molar-refractivity contribution in [3.05, 3.63) is 23.8 Å². The maximum Gasteiger partial charge on any atom is 0.410 e. The monoisotopic (exact) mass is 209 g/mol. The van der Waals surface area contributed by atoms with E-state index in [9.17, 15) is 9.59 Å². The molecule has 0 saturated heterocycles. The van der Waals surface area contributed by atoms with E-state index in [2.05, 4.69) is 6.08 Å². The fourth-order valence-electron chi connectivity index (χ4n) is 1.22. The maximum atomic E-state index is 11.3. The van der Waals surface area contributed by atoms with Gasteiger partial charge in [-0.15, -0.1) is 0 Å². The predicted octanol–water partition coefficient (Wildman–Crippen LogP) is 1.53. The molecule has 0 heterocycles. The van der Waals surface area contributed by atoms with Gasteiger partial charge in [0.15, 0.2) is 0 Å². The topological polar surface area (TPSA) is 46.6 Å². The molecule has 0 atom stereocenters. The molecule has 0 radical (unpaired) electrons. The molecule has 0 aliphatic heterocycles. The van der Waals surface area contributed by atoms with E-state index in [4.69, 9.17) is 4.74 Å². The molecule has 0 unspecified atom stereocenters. The van der Waals surface area contributed by atoms with E-state index < -0.39 is 6.09 Å². The molecule has 0 saturated carbocycles. The summed E-state index contributed by atoms with van der Waals surface area (Å²) in [7, 11) is 1.53. The summed E-state index contributed by atoms with van der Waals surface area (Å²) in [5, 5.41) is 0. The largest absolute Gasteiger partial charge is 0.445 e. The summed E-state index contributed by atoms with van der Waals surface area (Å²) in [5.41, 5.74) is 1.01. The Morgan fingerprint density at radius 2 is 2.40 bits per heavy atom. The SMILES string of the molecule is CN(CC=O)C(=O)OCC1=CCCC=C1. The van der Waals surface area contributed by atoms with Gasteiger partial charge in [-0.1, -0.05) is 18.2 Å². The third-order valence-electron chi connectivity index (χ3n) is 2.09. The molecule has 1 amide bonds. The highest BCUT2D eigenvalue weighted by atomic mass is 16.6. The first kappa shape index (κ1) is 11.5. The van der Waals surface area contributed by atoms with Crippen molar-refractivity contribution in [1.82, 2.24) is 4.90 Å². The van der Waals surface area contributed by atoms with Crippen LogP contribution in [0.1, 0.15) is 12.8 Å². The van der Waals surface area contributed by atoms with Crippen molar-refractivity contribution in [2.24, 2.45) is 0 Å². The summed E-state index contributed by atoms with van der Waals surface area (Å²) in [5.74, 6) is 0. The lowest BCUT2D eigenvalue weighted by molar-refractivity contribution is -0.108. The molecule has 0 bridgehead atoms. The van der Waals surface area contributed by atoms with E-state index in [-0.39, 0.29) is 13.2 Å². The second-order valence-electron chi connectivity index (χ2n) is 3.36. The van der Waals surface area contributed by atoms with Crippen LogP contribution in [0.15, 0.2) is 23.8 Å². The Bertz CT molecular complexity index is 294. The van der Waals surface area contributed by atoms with Crippen molar-refractivity contribution in [1.29, 1.82) is 0 Å². The quantitative estimate of drug-likeness (QED) is 0.660. The smallest absolute Gasteiger partial charge is 0.410 e. The van der Waals surface area contributed by atoms with Crippen LogP contribution in [0.2, 0.25) is 0 Å². The van der Waals surface area contributed by atoms with Crippen LogP contribution in [0.4, 0.5) is 4.79 Å². The molecule has 1 aliphatic carbocycles. The number of allylic oxidation sites excluding steroid dienone is 2. The summed E-state index contributed by atoms with van der Waals surface area (Å²) in [6.45, 7) is 0.340. The van der Waals surface area contributed by atoms with Gasteiger partial charge in [-0.2, -0.15) is 0 Å². The third-order valence-corrected chi connectivity index (χ3v) is 2.09. The van der Waals surface area contributed by atoms with Crippen molar-refractivity contribution < 1.29 is 14.3 Å². The van der Waals surface area contributed by atoms with E-state index in [0.717, 1.165) is 18.4 Å². The standard InChI is InChI=1S/C11H15NO3/c1-12(7-8-13)11(14)15-9-10-5-3-2-4-6-10/h3,5-6,8H,2,4,7,9H2,1H3. The lowest BCUT2D eigenvalue weighted by atomic mass is 10.1. The minimum atomic E-state index is -0.470. The van der Waals surface area contributed by atoms with Gasteiger partial charge in [0.1, 0.15) is 12.9 Å². The van der Waals surface area contributed by atoms with Crippen LogP contribution in [-0.2, 0) is 9.53 Å². The fourth-order valence-corrected chi connectivity index (χ4v) is 1.22. The Labute approximate surface area is 89.2 Å². The second-order valence-corrected chi connectivity index (χ2v) is 3.36. The Balaban J connectivity index is 2.30. The Kier molecular flexibility index (Phi) is 4.60. The van der Waals surface area contributed by atoms with Crippen LogP contribution in [0.3, 0.4) is 0 Å². The number of rotatable bonds is 4. The predicted molar refractivity (Wildman–Crippen MR) is 56.5 cm³/mol. The number of aldehydes is 1. The number of hydrogen-bond donors (Lipinski definition) is 0. The summed E-state index contributed by atoms with van der Waals surface area (Å²) in [4.78, 5) is 22.7. The lowest BCUT2D eigenvalue weighted by Gasteiger charge is -2.14. The maximum absolute atomic E-state index is 11.3. The zero-order chi connectivity index (χ0) is 11.1. The van der Waals surface area contributed by atoms with Gasteiger partial charge in [0.2, 0.25) is 0 Å². The minimum Gasteiger partial charge on any atom is -0.445 e. The molecule has 1 rings (SSSR count). The van der Waals surface area contributed by atoms with Gasteiger partial charge in [0.05, 0.1) is 6.54 Å². The van der Waals surface area contributed by atoms with E-state index >= 15 is 0 Å². The third kappa shape index (κ3) is 3.97. The molecule has 4 nitrogen and oxygen atoms in total. The zero-order valence-electron chi connectivity index (χ0n) is 8.81. The van der Waals surface area contributed by atoms with Gasteiger partial charge in [-0.3, -0.25) is 0 Å². The first-order valence-corrected chi connectivity index (χ1v) is 4.91. The fraction of sp³-hybridized carbons (Fsp3) is 0.455. The van der Waals surface area contributed by atoms with Crippen LogP contribution < -0.4 is 0 Å². The molecule has 0 spiro atoms.